The molecule has 0 saturated heterocycles. The molecule has 0 fully saturated rings. The third kappa shape index (κ3) is 3.65. The minimum atomic E-state index is -3.41. The number of aromatic hydroxyl groups is 2. The average molecular weight is 331 g/mol. The van der Waals surface area contributed by atoms with Crippen molar-refractivity contribution >= 4 is 9.91 Å². The van der Waals surface area contributed by atoms with E-state index in [1.54, 1.807) is 58.4 Å². The first-order valence-electron chi connectivity index (χ1n) is 6.18. The van der Waals surface area contributed by atoms with Crippen molar-refractivity contribution in [2.45, 2.75) is 5.36 Å². The molecule has 0 saturated carbocycles. The summed E-state index contributed by atoms with van der Waals surface area (Å²) in [6, 6.07) is 13.7. The van der Waals surface area contributed by atoms with Crippen LogP contribution < -0.4 is 9.56 Å². The van der Waals surface area contributed by atoms with E-state index in [2.05, 4.69) is 6.92 Å². The molecular formula is C16H20CoN2O2. The van der Waals surface area contributed by atoms with Crippen LogP contribution >= 0.6 is 0 Å². The van der Waals surface area contributed by atoms with Crippen molar-refractivity contribution < 1.29 is 21.3 Å². The molecule has 0 atom stereocenters. The number of hydrogen-bond donors (Lipinski definition) is 4. The molecule has 5 heteroatoms. The normalized spacial score (nSPS) is 13.2. The fourth-order valence-corrected chi connectivity index (χ4v) is 4.24. The monoisotopic (exact) mass is 331 g/mol. The fourth-order valence-electron chi connectivity index (χ4n) is 1.77. The van der Waals surface area contributed by atoms with Gasteiger partial charge in [-0.1, -0.05) is 0 Å². The Morgan fingerprint density at radius 2 is 1.24 bits per heavy atom. The number of benzene rings is 2. The van der Waals surface area contributed by atoms with E-state index >= 15 is 0 Å². The van der Waals surface area contributed by atoms with Gasteiger partial charge in [0.25, 0.3) is 0 Å². The number of hydrogen-bond acceptors (Lipinski definition) is 4. The van der Waals surface area contributed by atoms with Crippen LogP contribution in [0.25, 0.3) is 0 Å². The van der Waals surface area contributed by atoms with Gasteiger partial charge in [0.05, 0.1) is 0 Å². The van der Waals surface area contributed by atoms with Gasteiger partial charge in [0, 0.05) is 0 Å². The van der Waals surface area contributed by atoms with Gasteiger partial charge in [0.1, 0.15) is 0 Å². The Bertz CT molecular complexity index is 747. The molecule has 21 heavy (non-hydrogen) atoms. The summed E-state index contributed by atoms with van der Waals surface area (Å²) in [5, 5.41) is 20.1. The number of rotatable bonds is 3. The Balaban J connectivity index is 2.75. The van der Waals surface area contributed by atoms with Crippen LogP contribution in [-0.2, 0) is 11.1 Å². The molecule has 0 aliphatic heterocycles. The quantitative estimate of drug-likeness (QED) is 0.690. The first-order valence-corrected chi connectivity index (χ1v) is 9.33. The summed E-state index contributed by atoms with van der Waals surface area (Å²) in [6.45, 7) is 3.86. The third-order valence-electron chi connectivity index (χ3n) is 2.94. The summed E-state index contributed by atoms with van der Waals surface area (Å²) in [5.41, 5.74) is 1.13. The zero-order valence-electron chi connectivity index (χ0n) is 11.6. The van der Waals surface area contributed by atoms with Crippen molar-refractivity contribution in [2.75, 3.05) is 0 Å². The molecule has 0 amide bonds. The number of para-hydroxylation sites is 2. The van der Waals surface area contributed by atoms with Crippen LogP contribution in [0.1, 0.15) is 11.1 Å². The van der Waals surface area contributed by atoms with Gasteiger partial charge in [0.15, 0.2) is 0 Å². The number of phenolic OH excluding ortho intramolecular Hbond substituents is 2. The van der Waals surface area contributed by atoms with E-state index in [0.29, 0.717) is 11.1 Å². The summed E-state index contributed by atoms with van der Waals surface area (Å²) in [7, 11) is 0. The van der Waals surface area contributed by atoms with Crippen LogP contribution in [-0.4, -0.2) is 20.1 Å². The Hall–Kier alpha value is -1.79. The Labute approximate surface area is 124 Å². The zero-order chi connectivity index (χ0) is 15.5. The Kier molecular flexibility index (Phi) is 4.11. The summed E-state index contributed by atoms with van der Waals surface area (Å²) < 4.78 is 0. The van der Waals surface area contributed by atoms with Gasteiger partial charge in [-0.15, -0.1) is 0 Å². The van der Waals surface area contributed by atoms with E-state index in [1.807, 2.05) is 0 Å². The van der Waals surface area contributed by atoms with Crippen LogP contribution in [0.5, 0.6) is 11.5 Å². The molecule has 6 N–H and O–H groups in total. The molecule has 115 valence electrons. The third-order valence-corrected chi connectivity index (χ3v) is 6.25. The summed E-state index contributed by atoms with van der Waals surface area (Å²) in [5.74, 6) is 0.224. The van der Waals surface area contributed by atoms with Gasteiger partial charge in [0.2, 0.25) is 0 Å². The van der Waals surface area contributed by atoms with Crippen LogP contribution in [0.4, 0.5) is 0 Å². The SMILES string of the molecule is [CH2][CH2][Co]([NH2])([NH2])(=[CH]c1ccccc1O)=[CH]c1ccccc1O. The van der Waals surface area contributed by atoms with E-state index in [4.69, 9.17) is 9.56 Å². The van der Waals surface area contributed by atoms with Crippen LogP contribution in [0, 0.1) is 6.92 Å². The number of nitrogens with two attached hydrogens (primary N) is 2. The topological polar surface area (TPSA) is 92.5 Å². The van der Waals surface area contributed by atoms with Crippen LogP contribution in [0.15, 0.2) is 48.5 Å². The van der Waals surface area contributed by atoms with Crippen molar-refractivity contribution in [3.05, 3.63) is 66.6 Å². The first-order chi connectivity index (χ1) is 9.82. The Morgan fingerprint density at radius 3 is 1.57 bits per heavy atom. The second-order valence-electron chi connectivity index (χ2n) is 4.69. The molecule has 0 bridgehead atoms. The van der Waals surface area contributed by atoms with Crippen molar-refractivity contribution in [3.63, 3.8) is 0 Å². The number of phenols is 2. The molecule has 0 spiro atoms. The van der Waals surface area contributed by atoms with Crippen molar-refractivity contribution in [1.82, 2.24) is 0 Å². The Morgan fingerprint density at radius 1 is 0.857 bits per heavy atom. The predicted molar refractivity (Wildman–Crippen MR) is 85.1 cm³/mol. The van der Waals surface area contributed by atoms with Gasteiger partial charge in [-0.3, -0.25) is 0 Å². The first kappa shape index (κ1) is 15.6. The summed E-state index contributed by atoms with van der Waals surface area (Å²) in [6.07, 6.45) is 0. The van der Waals surface area contributed by atoms with Crippen LogP contribution in [0.3, 0.4) is 0 Å². The molecule has 2 rings (SSSR count). The van der Waals surface area contributed by atoms with Gasteiger partial charge >= 0.3 is 124 Å². The van der Waals surface area contributed by atoms with E-state index in [0.717, 1.165) is 0 Å². The van der Waals surface area contributed by atoms with Gasteiger partial charge < -0.3 is 0 Å². The predicted octanol–water partition coefficient (Wildman–Crippen LogP) is 1.79. The molecule has 0 unspecified atom stereocenters. The van der Waals surface area contributed by atoms with Crippen molar-refractivity contribution in [2.24, 2.45) is 9.56 Å². The average Bonchev–Trinajstić information content (AvgIpc) is 2.44. The van der Waals surface area contributed by atoms with Gasteiger partial charge in [-0.05, 0) is 0 Å². The molecule has 1 radical (unpaired) electrons. The molecule has 2 aromatic carbocycles. The van der Waals surface area contributed by atoms with Crippen molar-refractivity contribution in [3.8, 4) is 11.5 Å². The standard InChI is InChI=1S/2C7H6O.C2H4.Co.2H2N/c2*1-6-4-2-3-5-7(6)8;1-2;;;/h2*1-5,8H;1-2H2;;2*1H2/q;;;+2;2*-1. The van der Waals surface area contributed by atoms with Crippen molar-refractivity contribution in [1.29, 1.82) is 0 Å². The van der Waals surface area contributed by atoms with E-state index in [-0.39, 0.29) is 16.9 Å². The maximum absolute atomic E-state index is 9.90. The molecule has 0 aliphatic carbocycles. The van der Waals surface area contributed by atoms with Crippen LogP contribution in [0.2, 0.25) is 5.36 Å². The van der Waals surface area contributed by atoms with E-state index in [1.165, 1.54) is 0 Å². The molecule has 0 aliphatic rings. The van der Waals surface area contributed by atoms with Gasteiger partial charge in [-0.25, -0.2) is 0 Å². The summed E-state index contributed by atoms with van der Waals surface area (Å²) in [4.78, 5) is 16.3. The second-order valence-corrected chi connectivity index (χ2v) is 9.59. The molecular weight excluding hydrogens is 311 g/mol. The molecule has 0 heterocycles. The van der Waals surface area contributed by atoms with Gasteiger partial charge in [-0.2, -0.15) is 0 Å². The molecule has 4 nitrogen and oxygen atoms in total. The fraction of sp³-hybridized carbons (Fsp3) is 0.0625. The maximum atomic E-state index is 9.90. The minimum absolute atomic E-state index is 0.112. The van der Waals surface area contributed by atoms with E-state index in [9.17, 15) is 10.2 Å². The van der Waals surface area contributed by atoms with E-state index < -0.39 is 11.1 Å². The second kappa shape index (κ2) is 5.54. The molecule has 0 aromatic heterocycles. The molecule has 2 aromatic rings. The summed E-state index contributed by atoms with van der Waals surface area (Å²) >= 11 is -3.41. The zero-order valence-corrected chi connectivity index (χ0v) is 12.6.